The smallest absolute Gasteiger partial charge is 0.317 e. The molecule has 0 aliphatic carbocycles. The van der Waals surface area contributed by atoms with Crippen molar-refractivity contribution in [3.63, 3.8) is 0 Å². The molecule has 2 aromatic heterocycles. The average molecular weight is 514 g/mol. The number of carbonyl (C=O) groups excluding carboxylic acids is 1. The number of aromatic amines is 1. The van der Waals surface area contributed by atoms with E-state index in [4.69, 9.17) is 4.74 Å². The van der Waals surface area contributed by atoms with Gasteiger partial charge in [0.15, 0.2) is 0 Å². The van der Waals surface area contributed by atoms with Crippen LogP contribution in [0.1, 0.15) is 25.0 Å². The van der Waals surface area contributed by atoms with Crippen LogP contribution in [-0.4, -0.2) is 78.1 Å². The van der Waals surface area contributed by atoms with Gasteiger partial charge < -0.3 is 19.9 Å². The number of piperidine rings is 1. The predicted molar refractivity (Wildman–Crippen MR) is 136 cm³/mol. The molecule has 1 saturated heterocycles. The standard InChI is InChI=1S/C27H30F3N5O2/c1-37-24-4-3-19(28)15-21(24)20-5-9-31-25-22(20)16-23(33-25)18-6-12-35(13-7-18)26(36)32-10-14-34-11-2-8-27(29,30)17-34/h3-6,9,15-16H,2,7-8,10-14,17H2,1H3,(H,31,33)(H,32,36). The number of ether oxygens (including phenoxy) is 1. The number of carbonyl (C=O) groups is 1. The zero-order valence-corrected chi connectivity index (χ0v) is 20.7. The molecule has 37 heavy (non-hydrogen) atoms. The van der Waals surface area contributed by atoms with Crippen LogP contribution in [0.2, 0.25) is 0 Å². The highest BCUT2D eigenvalue weighted by atomic mass is 19.3. The van der Waals surface area contributed by atoms with Gasteiger partial charge in [0.25, 0.3) is 5.92 Å². The molecule has 0 bridgehead atoms. The van der Waals surface area contributed by atoms with Crippen LogP contribution in [0, 0.1) is 5.82 Å². The second-order valence-corrected chi connectivity index (χ2v) is 9.54. The summed E-state index contributed by atoms with van der Waals surface area (Å²) >= 11 is 0. The zero-order valence-electron chi connectivity index (χ0n) is 20.7. The second kappa shape index (κ2) is 10.5. The number of alkyl halides is 2. The first kappa shape index (κ1) is 25.1. The summed E-state index contributed by atoms with van der Waals surface area (Å²) in [4.78, 5) is 23.8. The molecule has 10 heteroatoms. The number of urea groups is 1. The normalized spacial score (nSPS) is 18.1. The molecule has 0 atom stereocenters. The summed E-state index contributed by atoms with van der Waals surface area (Å²) in [5.41, 5.74) is 4.11. The summed E-state index contributed by atoms with van der Waals surface area (Å²) in [6.45, 7) is 2.11. The van der Waals surface area contributed by atoms with Gasteiger partial charge in [-0.05, 0) is 60.9 Å². The maximum absolute atomic E-state index is 14.0. The van der Waals surface area contributed by atoms with Crippen molar-refractivity contribution >= 4 is 22.6 Å². The molecule has 2 amide bonds. The van der Waals surface area contributed by atoms with Gasteiger partial charge >= 0.3 is 6.03 Å². The van der Waals surface area contributed by atoms with Gasteiger partial charge in [0, 0.05) is 55.4 Å². The van der Waals surface area contributed by atoms with Gasteiger partial charge in [0.1, 0.15) is 17.2 Å². The van der Waals surface area contributed by atoms with Crippen LogP contribution in [0.5, 0.6) is 5.75 Å². The van der Waals surface area contributed by atoms with Gasteiger partial charge in [-0.25, -0.2) is 22.9 Å². The molecule has 1 aromatic carbocycles. The van der Waals surface area contributed by atoms with Crippen molar-refractivity contribution in [1.82, 2.24) is 25.1 Å². The molecule has 196 valence electrons. The molecule has 2 N–H and O–H groups in total. The molecule has 0 unspecified atom stereocenters. The zero-order chi connectivity index (χ0) is 26.0. The molecule has 2 aliphatic rings. The van der Waals surface area contributed by atoms with E-state index in [-0.39, 0.29) is 24.8 Å². The number of benzene rings is 1. The van der Waals surface area contributed by atoms with Crippen molar-refractivity contribution in [2.24, 2.45) is 0 Å². The third-order valence-electron chi connectivity index (χ3n) is 7.00. The lowest BCUT2D eigenvalue weighted by Crippen LogP contribution is -2.48. The minimum Gasteiger partial charge on any atom is -0.496 e. The van der Waals surface area contributed by atoms with E-state index >= 15 is 0 Å². The van der Waals surface area contributed by atoms with Crippen molar-refractivity contribution in [3.05, 3.63) is 54.1 Å². The first-order valence-electron chi connectivity index (χ1n) is 12.5. The van der Waals surface area contributed by atoms with Crippen LogP contribution >= 0.6 is 0 Å². The number of halogens is 3. The Labute approximate surface area is 213 Å². The number of nitrogens with zero attached hydrogens (tertiary/aromatic N) is 3. The van der Waals surface area contributed by atoms with E-state index in [9.17, 15) is 18.0 Å². The molecular weight excluding hydrogens is 483 g/mol. The van der Waals surface area contributed by atoms with Crippen molar-refractivity contribution in [2.45, 2.75) is 25.2 Å². The molecule has 7 nitrogen and oxygen atoms in total. The number of hydrogen-bond donors (Lipinski definition) is 2. The third-order valence-corrected chi connectivity index (χ3v) is 7.00. The first-order valence-corrected chi connectivity index (χ1v) is 12.5. The minimum atomic E-state index is -2.64. The average Bonchev–Trinajstić information content (AvgIpc) is 3.33. The molecule has 4 heterocycles. The molecule has 5 rings (SSSR count). The van der Waals surface area contributed by atoms with Crippen LogP contribution in [0.25, 0.3) is 27.7 Å². The molecule has 1 fully saturated rings. The van der Waals surface area contributed by atoms with Crippen LogP contribution in [-0.2, 0) is 0 Å². The molecule has 0 radical (unpaired) electrons. The highest BCUT2D eigenvalue weighted by Crippen LogP contribution is 2.36. The van der Waals surface area contributed by atoms with Crippen molar-refractivity contribution in [3.8, 4) is 16.9 Å². The van der Waals surface area contributed by atoms with E-state index in [2.05, 4.69) is 15.3 Å². The SMILES string of the molecule is COc1ccc(F)cc1-c1ccnc2[nH]c(C3=CCN(C(=O)NCCN4CCCC(F)(F)C4)CC3)cc12. The maximum atomic E-state index is 14.0. The van der Waals surface area contributed by atoms with Crippen LogP contribution < -0.4 is 10.1 Å². The Kier molecular flexibility index (Phi) is 7.10. The largest absolute Gasteiger partial charge is 0.496 e. The van der Waals surface area contributed by atoms with E-state index in [1.54, 1.807) is 29.2 Å². The summed E-state index contributed by atoms with van der Waals surface area (Å²) in [5, 5.41) is 3.71. The van der Waals surface area contributed by atoms with Crippen LogP contribution in [0.15, 0.2) is 42.6 Å². The van der Waals surface area contributed by atoms with E-state index in [0.717, 1.165) is 22.2 Å². The summed E-state index contributed by atoms with van der Waals surface area (Å²) in [6, 6.07) is 8.06. The van der Waals surface area contributed by atoms with Gasteiger partial charge in [0.2, 0.25) is 0 Å². The van der Waals surface area contributed by atoms with Gasteiger partial charge in [-0.2, -0.15) is 0 Å². The monoisotopic (exact) mass is 513 g/mol. The fraction of sp³-hybridized carbons (Fsp3) is 0.407. The number of rotatable bonds is 6. The molecule has 0 saturated carbocycles. The van der Waals surface area contributed by atoms with Gasteiger partial charge in [0.05, 0.1) is 13.7 Å². The van der Waals surface area contributed by atoms with Crippen molar-refractivity contribution in [2.75, 3.05) is 46.4 Å². The number of H-pyrrole nitrogens is 1. The van der Waals surface area contributed by atoms with Crippen LogP contribution in [0.3, 0.4) is 0 Å². The first-order chi connectivity index (χ1) is 17.8. The van der Waals surface area contributed by atoms with E-state index in [1.807, 2.05) is 18.2 Å². The maximum Gasteiger partial charge on any atom is 0.317 e. The Morgan fingerprint density at radius 1 is 1.22 bits per heavy atom. The highest BCUT2D eigenvalue weighted by Gasteiger charge is 2.34. The number of methoxy groups -OCH3 is 1. The number of nitrogens with one attached hydrogen (secondary N) is 2. The van der Waals surface area contributed by atoms with E-state index in [0.29, 0.717) is 62.5 Å². The van der Waals surface area contributed by atoms with E-state index < -0.39 is 5.92 Å². The highest BCUT2D eigenvalue weighted by molar-refractivity contribution is 5.96. The number of likely N-dealkylation sites (tertiary alicyclic amines) is 1. The third kappa shape index (κ3) is 5.58. The lowest BCUT2D eigenvalue weighted by atomic mass is 10.0. The number of fused-ring (bicyclic) bond motifs is 1. The topological polar surface area (TPSA) is 73.5 Å². The fourth-order valence-corrected chi connectivity index (χ4v) is 5.09. The summed E-state index contributed by atoms with van der Waals surface area (Å²) in [6.07, 6.45) is 4.74. The lowest BCUT2D eigenvalue weighted by molar-refractivity contribution is -0.0632. The Bertz CT molecular complexity index is 1320. The quantitative estimate of drug-likeness (QED) is 0.492. The van der Waals surface area contributed by atoms with Gasteiger partial charge in [-0.1, -0.05) is 6.08 Å². The summed E-state index contributed by atoms with van der Waals surface area (Å²) < 4.78 is 46.6. The van der Waals surface area contributed by atoms with Crippen molar-refractivity contribution < 1.29 is 22.7 Å². The molecule has 2 aliphatic heterocycles. The minimum absolute atomic E-state index is 0.0644. The Morgan fingerprint density at radius 3 is 2.84 bits per heavy atom. The lowest BCUT2D eigenvalue weighted by Gasteiger charge is -2.32. The van der Waals surface area contributed by atoms with E-state index in [1.165, 1.54) is 12.1 Å². The van der Waals surface area contributed by atoms with Gasteiger partial charge in [-0.15, -0.1) is 0 Å². The second-order valence-electron chi connectivity index (χ2n) is 9.54. The fourth-order valence-electron chi connectivity index (χ4n) is 5.09. The molecule has 3 aromatic rings. The number of aromatic nitrogens is 2. The predicted octanol–water partition coefficient (Wildman–Crippen LogP) is 4.91. The Morgan fingerprint density at radius 2 is 2.08 bits per heavy atom. The summed E-state index contributed by atoms with van der Waals surface area (Å²) in [7, 11) is 1.55. The number of pyridine rings is 1. The number of amides is 2. The Hall–Kier alpha value is -3.53. The van der Waals surface area contributed by atoms with Crippen molar-refractivity contribution in [1.29, 1.82) is 0 Å². The molecule has 0 spiro atoms. The Balaban J connectivity index is 1.24. The molecular formula is C27H30F3N5O2. The van der Waals surface area contributed by atoms with Gasteiger partial charge in [-0.3, -0.25) is 4.90 Å². The summed E-state index contributed by atoms with van der Waals surface area (Å²) in [5.74, 6) is -2.42. The number of hydrogen-bond acceptors (Lipinski definition) is 4. The van der Waals surface area contributed by atoms with Crippen LogP contribution in [0.4, 0.5) is 18.0 Å².